The maximum atomic E-state index is 11.0. The Bertz CT molecular complexity index is 351. The summed E-state index contributed by atoms with van der Waals surface area (Å²) in [7, 11) is 0. The highest BCUT2D eigenvalue weighted by Gasteiger charge is 2.04. The first-order valence-electron chi connectivity index (χ1n) is 4.85. The number of pyridine rings is 1. The van der Waals surface area contributed by atoms with Crippen molar-refractivity contribution in [3.8, 4) is 0 Å². The number of carbonyl (C=O) groups is 1. The van der Waals surface area contributed by atoms with Crippen molar-refractivity contribution in [3.63, 3.8) is 0 Å². The Morgan fingerprint density at radius 1 is 1.56 bits per heavy atom. The number of aromatic nitrogens is 1. The van der Waals surface area contributed by atoms with Crippen LogP contribution in [0.4, 0.5) is 0 Å². The molecule has 6 heteroatoms. The second-order valence-electron chi connectivity index (χ2n) is 3.31. The van der Waals surface area contributed by atoms with Gasteiger partial charge in [0.2, 0.25) is 0 Å². The molecule has 0 aromatic carbocycles. The van der Waals surface area contributed by atoms with Crippen molar-refractivity contribution in [2.24, 2.45) is 5.84 Å². The van der Waals surface area contributed by atoms with Crippen molar-refractivity contribution in [1.29, 1.82) is 0 Å². The van der Waals surface area contributed by atoms with E-state index in [1.807, 2.05) is 31.6 Å². The van der Waals surface area contributed by atoms with E-state index in [2.05, 4.69) is 9.82 Å². The van der Waals surface area contributed by atoms with Crippen LogP contribution < -0.4 is 11.4 Å². The van der Waals surface area contributed by atoms with Crippen molar-refractivity contribution < 1.29 is 9.63 Å². The second kappa shape index (κ2) is 6.47. The summed E-state index contributed by atoms with van der Waals surface area (Å²) in [5, 5.41) is 0.922. The van der Waals surface area contributed by atoms with Crippen LogP contribution in [0.2, 0.25) is 0 Å². The van der Waals surface area contributed by atoms with Crippen LogP contribution in [0.5, 0.6) is 0 Å². The zero-order valence-electron chi connectivity index (χ0n) is 9.32. The van der Waals surface area contributed by atoms with Crippen LogP contribution in [-0.4, -0.2) is 16.7 Å². The monoisotopic (exact) mass is 241 g/mol. The molecule has 1 aromatic heterocycles. The summed E-state index contributed by atoms with van der Waals surface area (Å²) in [6.45, 7) is 3.97. The highest BCUT2D eigenvalue weighted by molar-refractivity contribution is 7.99. The normalized spacial score (nSPS) is 10.2. The van der Waals surface area contributed by atoms with Gasteiger partial charge in [0.05, 0.1) is 11.4 Å². The van der Waals surface area contributed by atoms with Crippen LogP contribution >= 0.6 is 11.8 Å². The summed E-state index contributed by atoms with van der Waals surface area (Å²) in [6.07, 6.45) is 0.295. The van der Waals surface area contributed by atoms with Gasteiger partial charge in [0.1, 0.15) is 0 Å². The van der Waals surface area contributed by atoms with Crippen molar-refractivity contribution in [3.05, 3.63) is 23.4 Å². The van der Waals surface area contributed by atoms with Gasteiger partial charge in [0.25, 0.3) is 0 Å². The number of hydrazine groups is 1. The summed E-state index contributed by atoms with van der Waals surface area (Å²) in [5.41, 5.74) is 4.01. The number of hydrogen-bond acceptors (Lipinski definition) is 6. The summed E-state index contributed by atoms with van der Waals surface area (Å²) < 4.78 is 0. The van der Waals surface area contributed by atoms with E-state index in [4.69, 9.17) is 5.84 Å². The van der Waals surface area contributed by atoms with Crippen LogP contribution in [0, 0.1) is 13.8 Å². The molecule has 0 unspecified atom stereocenters. The topological polar surface area (TPSA) is 77.2 Å². The van der Waals surface area contributed by atoms with Gasteiger partial charge in [-0.1, -0.05) is 5.59 Å². The molecule has 1 aromatic rings. The molecule has 0 spiro atoms. The minimum absolute atomic E-state index is 0.295. The predicted molar refractivity (Wildman–Crippen MR) is 62.5 cm³/mol. The highest BCUT2D eigenvalue weighted by atomic mass is 32.2. The fourth-order valence-corrected chi connectivity index (χ4v) is 2.19. The van der Waals surface area contributed by atoms with Gasteiger partial charge in [-0.3, -0.25) is 4.79 Å². The molecule has 0 bridgehead atoms. The predicted octanol–water partition coefficient (Wildman–Crippen LogP) is 1.10. The molecule has 0 saturated carbocycles. The Morgan fingerprint density at radius 2 is 2.31 bits per heavy atom. The van der Waals surface area contributed by atoms with Gasteiger partial charge in [0, 0.05) is 11.4 Å². The lowest BCUT2D eigenvalue weighted by Gasteiger charge is -2.03. The van der Waals surface area contributed by atoms with Gasteiger partial charge >= 0.3 is 5.97 Å². The molecular weight excluding hydrogens is 226 g/mol. The third-order valence-corrected chi connectivity index (χ3v) is 2.72. The van der Waals surface area contributed by atoms with E-state index in [1.165, 1.54) is 17.3 Å². The van der Waals surface area contributed by atoms with E-state index >= 15 is 0 Å². The Kier molecular flexibility index (Phi) is 5.24. The lowest BCUT2D eigenvalue weighted by Crippen LogP contribution is -2.26. The Labute approximate surface area is 98.7 Å². The number of nitrogens with one attached hydrogen (secondary N) is 1. The molecule has 1 rings (SSSR count). The van der Waals surface area contributed by atoms with Crippen molar-refractivity contribution in [2.75, 3.05) is 5.75 Å². The molecule has 0 radical (unpaired) electrons. The van der Waals surface area contributed by atoms with Crippen LogP contribution in [0.3, 0.4) is 0 Å². The summed E-state index contributed by atoms with van der Waals surface area (Å²) in [5.74, 6) is 5.09. The molecule has 1 heterocycles. The average molecular weight is 241 g/mol. The number of nitrogens with two attached hydrogens (primary N) is 1. The van der Waals surface area contributed by atoms with E-state index in [9.17, 15) is 4.79 Å². The minimum Gasteiger partial charge on any atom is -0.356 e. The van der Waals surface area contributed by atoms with E-state index in [0.717, 1.165) is 10.7 Å². The first-order chi connectivity index (χ1) is 7.61. The SMILES string of the molecule is Cc1cc(C)nc(SCCC(=O)ONN)c1. The molecule has 5 nitrogen and oxygen atoms in total. The van der Waals surface area contributed by atoms with Gasteiger partial charge in [-0.15, -0.1) is 11.8 Å². The van der Waals surface area contributed by atoms with Gasteiger partial charge < -0.3 is 4.84 Å². The molecule has 88 valence electrons. The first-order valence-corrected chi connectivity index (χ1v) is 5.83. The van der Waals surface area contributed by atoms with Crippen LogP contribution in [0.25, 0.3) is 0 Å². The van der Waals surface area contributed by atoms with Crippen molar-refractivity contribution in [2.45, 2.75) is 25.3 Å². The number of nitrogens with zero attached hydrogens (tertiary/aromatic N) is 1. The molecule has 0 aliphatic carbocycles. The van der Waals surface area contributed by atoms with Crippen LogP contribution in [-0.2, 0) is 9.63 Å². The van der Waals surface area contributed by atoms with E-state index in [-0.39, 0.29) is 5.97 Å². The van der Waals surface area contributed by atoms with Gasteiger partial charge in [0.15, 0.2) is 0 Å². The number of hydrogen-bond donors (Lipinski definition) is 2. The second-order valence-corrected chi connectivity index (χ2v) is 4.43. The fourth-order valence-electron chi connectivity index (χ4n) is 1.23. The smallest absolute Gasteiger partial charge is 0.327 e. The largest absolute Gasteiger partial charge is 0.356 e. The molecule has 0 amide bonds. The molecule has 16 heavy (non-hydrogen) atoms. The summed E-state index contributed by atoms with van der Waals surface area (Å²) in [4.78, 5) is 19.7. The highest BCUT2D eigenvalue weighted by Crippen LogP contribution is 2.18. The third-order valence-electron chi connectivity index (χ3n) is 1.80. The number of thioether (sulfide) groups is 1. The minimum atomic E-state index is -0.376. The average Bonchev–Trinajstić information content (AvgIpc) is 2.16. The zero-order valence-corrected chi connectivity index (χ0v) is 10.1. The Balaban J connectivity index is 2.40. The third kappa shape index (κ3) is 4.61. The maximum absolute atomic E-state index is 11.0. The van der Waals surface area contributed by atoms with Crippen molar-refractivity contribution >= 4 is 17.7 Å². The van der Waals surface area contributed by atoms with Gasteiger partial charge in [-0.25, -0.2) is 10.8 Å². The number of carbonyl (C=O) groups excluding carboxylic acids is 1. The molecule has 0 aliphatic rings. The first kappa shape index (κ1) is 13.0. The van der Waals surface area contributed by atoms with Crippen LogP contribution in [0.15, 0.2) is 17.2 Å². The lowest BCUT2D eigenvalue weighted by molar-refractivity contribution is -0.150. The standard InChI is InChI=1S/C10H15N3O2S/c1-7-5-8(2)12-9(6-7)16-4-3-10(14)15-13-11/h5-6,13H,3-4,11H2,1-2H3. The molecular formula is C10H15N3O2S. The molecule has 0 fully saturated rings. The van der Waals surface area contributed by atoms with Crippen molar-refractivity contribution in [1.82, 2.24) is 10.6 Å². The van der Waals surface area contributed by atoms with Gasteiger partial charge in [-0.05, 0) is 31.5 Å². The summed E-state index contributed by atoms with van der Waals surface area (Å²) >= 11 is 1.52. The van der Waals surface area contributed by atoms with Crippen LogP contribution in [0.1, 0.15) is 17.7 Å². The Hall–Kier alpha value is -1.11. The quantitative estimate of drug-likeness (QED) is 0.457. The molecule has 0 aliphatic heterocycles. The van der Waals surface area contributed by atoms with E-state index in [1.54, 1.807) is 0 Å². The number of rotatable bonds is 5. The van der Waals surface area contributed by atoms with E-state index in [0.29, 0.717) is 12.2 Å². The van der Waals surface area contributed by atoms with Gasteiger partial charge in [-0.2, -0.15) is 0 Å². The van der Waals surface area contributed by atoms with E-state index < -0.39 is 0 Å². The fraction of sp³-hybridized carbons (Fsp3) is 0.400. The zero-order chi connectivity index (χ0) is 12.0. The molecule has 3 N–H and O–H groups in total. The molecule has 0 atom stereocenters. The number of aryl methyl sites for hydroxylation is 2. The summed E-state index contributed by atoms with van der Waals surface area (Å²) in [6, 6.07) is 4.00. The lowest BCUT2D eigenvalue weighted by atomic mass is 10.3. The molecule has 0 saturated heterocycles. The Morgan fingerprint density at radius 3 is 2.94 bits per heavy atom. The maximum Gasteiger partial charge on any atom is 0.327 e.